The van der Waals surface area contributed by atoms with Crippen molar-refractivity contribution in [1.29, 1.82) is 0 Å². The van der Waals surface area contributed by atoms with Crippen LogP contribution in [0.4, 0.5) is 4.79 Å². The van der Waals surface area contributed by atoms with E-state index in [1.54, 1.807) is 52.0 Å². The number of hydrogen-bond acceptors (Lipinski definition) is 7. The van der Waals surface area contributed by atoms with Gasteiger partial charge in [0.1, 0.15) is 0 Å². The van der Waals surface area contributed by atoms with Crippen molar-refractivity contribution >= 4 is 18.1 Å². The molecule has 0 saturated carbocycles. The summed E-state index contributed by atoms with van der Waals surface area (Å²) in [4.78, 5) is 35.7. The Morgan fingerprint density at radius 1 is 0.929 bits per heavy atom. The quantitative estimate of drug-likeness (QED) is 0.292. The van der Waals surface area contributed by atoms with Crippen LogP contribution in [0.2, 0.25) is 0 Å². The summed E-state index contributed by atoms with van der Waals surface area (Å²) in [7, 11) is 0. The van der Waals surface area contributed by atoms with Gasteiger partial charge in [0.2, 0.25) is 0 Å². The number of hydrogen-bond donors (Lipinski definition) is 0. The number of benzene rings is 1. The van der Waals surface area contributed by atoms with Crippen molar-refractivity contribution in [3.63, 3.8) is 0 Å². The number of ether oxygens (including phenoxy) is 4. The van der Waals surface area contributed by atoms with E-state index in [2.05, 4.69) is 11.8 Å². The number of esters is 2. The Bertz CT molecular complexity index is 712. The normalized spacial score (nSPS) is 11.0. The minimum Gasteiger partial charge on any atom is -0.465 e. The Morgan fingerprint density at radius 2 is 1.50 bits per heavy atom. The van der Waals surface area contributed by atoms with Gasteiger partial charge < -0.3 is 18.9 Å². The molecule has 0 amide bonds. The van der Waals surface area contributed by atoms with Crippen molar-refractivity contribution in [3.05, 3.63) is 35.4 Å². The monoisotopic (exact) mass is 390 g/mol. The third-order valence-electron chi connectivity index (χ3n) is 3.53. The van der Waals surface area contributed by atoms with Crippen LogP contribution in [0.25, 0.3) is 0 Å². The van der Waals surface area contributed by atoms with Crippen LogP contribution >= 0.6 is 0 Å². The average Bonchev–Trinajstić information content (AvgIpc) is 2.65. The predicted octanol–water partition coefficient (Wildman–Crippen LogP) is 2.88. The Morgan fingerprint density at radius 3 is 2.07 bits per heavy atom. The zero-order valence-corrected chi connectivity index (χ0v) is 16.7. The molecule has 1 unspecified atom stereocenters. The molecule has 1 aromatic rings. The van der Waals surface area contributed by atoms with E-state index < -0.39 is 30.1 Å². The summed E-state index contributed by atoms with van der Waals surface area (Å²) in [5.41, 5.74) is 1.30. The smallest absolute Gasteiger partial charge is 0.465 e. The van der Waals surface area contributed by atoms with E-state index in [1.165, 1.54) is 0 Å². The highest BCUT2D eigenvalue weighted by atomic mass is 16.7. The van der Waals surface area contributed by atoms with Crippen LogP contribution in [-0.2, 0) is 35.0 Å². The first-order chi connectivity index (χ1) is 13.4. The summed E-state index contributed by atoms with van der Waals surface area (Å²) in [6.07, 6.45) is -1.38. The molecule has 0 aliphatic rings. The van der Waals surface area contributed by atoms with Gasteiger partial charge in [0.05, 0.1) is 19.8 Å². The first-order valence-electron chi connectivity index (χ1n) is 9.18. The van der Waals surface area contributed by atoms with Crippen molar-refractivity contribution in [2.75, 3.05) is 19.8 Å². The first kappa shape index (κ1) is 23.0. The minimum absolute atomic E-state index is 0.0929. The van der Waals surface area contributed by atoms with Crippen LogP contribution in [-0.4, -0.2) is 44.0 Å². The topological polar surface area (TPSA) is 88.1 Å². The second-order valence-corrected chi connectivity index (χ2v) is 5.63. The fourth-order valence-electron chi connectivity index (χ4n) is 2.29. The zero-order chi connectivity index (χ0) is 20.9. The van der Waals surface area contributed by atoms with E-state index in [0.717, 1.165) is 0 Å². The van der Waals surface area contributed by atoms with Crippen molar-refractivity contribution in [2.45, 2.75) is 40.2 Å². The van der Waals surface area contributed by atoms with Gasteiger partial charge in [0, 0.05) is 5.56 Å². The summed E-state index contributed by atoms with van der Waals surface area (Å²) in [6, 6.07) is 7.10. The summed E-state index contributed by atoms with van der Waals surface area (Å²) >= 11 is 0. The lowest BCUT2D eigenvalue weighted by atomic mass is 9.95. The lowest BCUT2D eigenvalue weighted by Crippen LogP contribution is -2.30. The Hall–Kier alpha value is -3.01. The van der Waals surface area contributed by atoms with Crippen LogP contribution in [0.1, 0.15) is 38.8 Å². The van der Waals surface area contributed by atoms with Crippen molar-refractivity contribution in [2.24, 2.45) is 5.92 Å². The summed E-state index contributed by atoms with van der Waals surface area (Å²) < 4.78 is 19.7. The highest BCUT2D eigenvalue weighted by molar-refractivity contribution is 5.95. The fourth-order valence-corrected chi connectivity index (χ4v) is 2.29. The lowest BCUT2D eigenvalue weighted by Gasteiger charge is -2.15. The highest BCUT2D eigenvalue weighted by Gasteiger charge is 2.30. The largest absolute Gasteiger partial charge is 0.509 e. The van der Waals surface area contributed by atoms with E-state index in [4.69, 9.17) is 18.9 Å². The van der Waals surface area contributed by atoms with Crippen LogP contribution < -0.4 is 0 Å². The zero-order valence-electron chi connectivity index (χ0n) is 16.7. The standard InChI is InChI=1S/C21H26O7/c1-5-25-19(22)18(20(23)26-6-2)14-17-11-9-8-10-16(17)13-12-15(4)28-21(24)27-7-3/h8-11,15,18H,5-7,14H2,1-4H3. The molecule has 7 nitrogen and oxygen atoms in total. The van der Waals surface area contributed by atoms with Gasteiger partial charge in [0.25, 0.3) is 0 Å². The van der Waals surface area contributed by atoms with E-state index in [0.29, 0.717) is 11.1 Å². The molecular formula is C21H26O7. The Kier molecular flexibility index (Phi) is 10.2. The van der Waals surface area contributed by atoms with Crippen molar-refractivity contribution < 1.29 is 33.3 Å². The number of carbonyl (C=O) groups excluding carboxylic acids is 3. The Labute approximate surface area is 165 Å². The van der Waals surface area contributed by atoms with Gasteiger partial charge in [-0.3, -0.25) is 9.59 Å². The van der Waals surface area contributed by atoms with Crippen molar-refractivity contribution in [3.8, 4) is 11.8 Å². The van der Waals surface area contributed by atoms with E-state index in [9.17, 15) is 14.4 Å². The summed E-state index contributed by atoms with van der Waals surface area (Å²) in [5.74, 6) is 3.38. The molecule has 0 N–H and O–H groups in total. The average molecular weight is 390 g/mol. The Balaban J connectivity index is 3.00. The number of carbonyl (C=O) groups is 3. The molecule has 28 heavy (non-hydrogen) atoms. The first-order valence-corrected chi connectivity index (χ1v) is 9.18. The molecule has 0 aliphatic heterocycles. The maximum atomic E-state index is 12.2. The van der Waals surface area contributed by atoms with E-state index in [-0.39, 0.29) is 26.2 Å². The molecule has 7 heteroatoms. The molecule has 1 atom stereocenters. The molecular weight excluding hydrogens is 364 g/mol. The van der Waals surface area contributed by atoms with Crippen LogP contribution in [0.5, 0.6) is 0 Å². The molecule has 1 rings (SSSR count). The molecule has 0 fully saturated rings. The third-order valence-corrected chi connectivity index (χ3v) is 3.53. The highest BCUT2D eigenvalue weighted by Crippen LogP contribution is 2.16. The molecule has 0 spiro atoms. The van der Waals surface area contributed by atoms with Gasteiger partial charge >= 0.3 is 18.1 Å². The summed E-state index contributed by atoms with van der Waals surface area (Å²) in [5, 5.41) is 0. The van der Waals surface area contributed by atoms with Gasteiger partial charge in [-0.05, 0) is 45.7 Å². The maximum Gasteiger partial charge on any atom is 0.509 e. The predicted molar refractivity (Wildman–Crippen MR) is 101 cm³/mol. The molecule has 0 radical (unpaired) electrons. The molecule has 0 saturated heterocycles. The number of rotatable bonds is 8. The van der Waals surface area contributed by atoms with Gasteiger partial charge in [-0.1, -0.05) is 30.0 Å². The molecule has 0 heterocycles. The SMILES string of the molecule is CCOC(=O)OC(C)C#Cc1ccccc1CC(C(=O)OCC)C(=O)OCC. The van der Waals surface area contributed by atoms with Crippen LogP contribution in [0.15, 0.2) is 24.3 Å². The van der Waals surface area contributed by atoms with Gasteiger partial charge in [0.15, 0.2) is 12.0 Å². The van der Waals surface area contributed by atoms with Crippen LogP contribution in [0, 0.1) is 17.8 Å². The summed E-state index contributed by atoms with van der Waals surface area (Å²) in [6.45, 7) is 7.18. The molecule has 1 aromatic carbocycles. The van der Waals surface area contributed by atoms with Gasteiger partial charge in [-0.25, -0.2) is 4.79 Å². The second kappa shape index (κ2) is 12.4. The minimum atomic E-state index is -1.07. The molecule has 0 aliphatic carbocycles. The third kappa shape index (κ3) is 7.70. The molecule has 0 aromatic heterocycles. The van der Waals surface area contributed by atoms with Crippen LogP contribution in [0.3, 0.4) is 0 Å². The van der Waals surface area contributed by atoms with Gasteiger partial charge in [-0.15, -0.1) is 0 Å². The maximum absolute atomic E-state index is 12.2. The van der Waals surface area contributed by atoms with Crippen molar-refractivity contribution in [1.82, 2.24) is 0 Å². The lowest BCUT2D eigenvalue weighted by molar-refractivity contribution is -0.161. The fraction of sp³-hybridized carbons (Fsp3) is 0.476. The van der Waals surface area contributed by atoms with E-state index in [1.807, 2.05) is 0 Å². The molecule has 0 bridgehead atoms. The van der Waals surface area contributed by atoms with Gasteiger partial charge in [-0.2, -0.15) is 0 Å². The van der Waals surface area contributed by atoms with E-state index >= 15 is 0 Å². The molecule has 152 valence electrons. The second-order valence-electron chi connectivity index (χ2n) is 5.63.